The molecule has 0 saturated carbocycles. The van der Waals surface area contributed by atoms with Gasteiger partial charge in [0.15, 0.2) is 0 Å². The average Bonchev–Trinajstić information content (AvgIpc) is 2.43. The Hall–Kier alpha value is -1.59. The Labute approximate surface area is 126 Å². The van der Waals surface area contributed by atoms with Gasteiger partial charge < -0.3 is 15.8 Å². The zero-order valence-electron chi connectivity index (χ0n) is 12.9. The molecule has 1 aliphatic rings. The van der Waals surface area contributed by atoms with Gasteiger partial charge in [0.2, 0.25) is 5.91 Å². The summed E-state index contributed by atoms with van der Waals surface area (Å²) in [5.41, 5.74) is 8.20. The van der Waals surface area contributed by atoms with Crippen molar-refractivity contribution in [3.8, 4) is 0 Å². The van der Waals surface area contributed by atoms with E-state index in [9.17, 15) is 4.79 Å². The van der Waals surface area contributed by atoms with Crippen LogP contribution in [0.4, 0.5) is 11.4 Å². The number of carbonyl (C=O) groups is 1. The minimum absolute atomic E-state index is 0.0128. The smallest absolute Gasteiger partial charge is 0.238 e. The predicted molar refractivity (Wildman–Crippen MR) is 85.3 cm³/mol. The lowest BCUT2D eigenvalue weighted by atomic mass is 10.1. The van der Waals surface area contributed by atoms with Crippen molar-refractivity contribution < 1.29 is 9.53 Å². The fourth-order valence-electron chi connectivity index (χ4n) is 2.63. The molecular formula is C16H25N3O2. The summed E-state index contributed by atoms with van der Waals surface area (Å²) in [5.74, 6) is -0.0128. The maximum atomic E-state index is 12.1. The van der Waals surface area contributed by atoms with Gasteiger partial charge in [-0.1, -0.05) is 0 Å². The molecule has 116 valence electrons. The Kier molecular flexibility index (Phi) is 5.59. The molecule has 0 spiro atoms. The molecule has 1 amide bonds. The number of benzene rings is 1. The molecule has 1 aromatic rings. The molecular weight excluding hydrogens is 266 g/mol. The van der Waals surface area contributed by atoms with Crippen molar-refractivity contribution in [3.63, 3.8) is 0 Å². The Morgan fingerprint density at radius 2 is 2.29 bits per heavy atom. The Bertz CT molecular complexity index is 484. The van der Waals surface area contributed by atoms with Gasteiger partial charge in [-0.15, -0.1) is 0 Å². The van der Waals surface area contributed by atoms with Crippen molar-refractivity contribution in [2.45, 2.75) is 32.3 Å². The minimum atomic E-state index is -0.0128. The molecule has 1 aromatic carbocycles. The lowest BCUT2D eigenvalue weighted by Gasteiger charge is -2.27. The first-order valence-corrected chi connectivity index (χ1v) is 7.50. The summed E-state index contributed by atoms with van der Waals surface area (Å²) in [7, 11) is 1.95. The number of ether oxygens (including phenoxy) is 1. The van der Waals surface area contributed by atoms with Crippen LogP contribution in [0.25, 0.3) is 0 Å². The number of likely N-dealkylation sites (N-methyl/N-ethyl adjacent to an activating group) is 1. The Balaban J connectivity index is 1.80. The van der Waals surface area contributed by atoms with Gasteiger partial charge >= 0.3 is 0 Å². The first kappa shape index (κ1) is 15.8. The maximum absolute atomic E-state index is 12.1. The van der Waals surface area contributed by atoms with Crippen LogP contribution >= 0.6 is 0 Å². The highest BCUT2D eigenvalue weighted by Crippen LogP contribution is 2.17. The molecule has 0 aromatic heterocycles. The van der Waals surface area contributed by atoms with Gasteiger partial charge in [0.05, 0.1) is 12.6 Å². The van der Waals surface area contributed by atoms with E-state index in [0.717, 1.165) is 37.2 Å². The van der Waals surface area contributed by atoms with Crippen LogP contribution in [0.3, 0.4) is 0 Å². The molecule has 0 radical (unpaired) electrons. The first-order chi connectivity index (χ1) is 10.0. The van der Waals surface area contributed by atoms with Crippen molar-refractivity contribution in [2.75, 3.05) is 37.8 Å². The number of aryl methyl sites for hydroxylation is 1. The standard InChI is InChI=1S/C16H25N3O2/c1-12-9-13(17)6-7-15(12)18-16(20)11-19(2)10-14-5-3-4-8-21-14/h6-7,9,14H,3-5,8,10-11,17H2,1-2H3,(H,18,20). The van der Waals surface area contributed by atoms with Crippen LogP contribution in [-0.2, 0) is 9.53 Å². The highest BCUT2D eigenvalue weighted by molar-refractivity contribution is 5.93. The summed E-state index contributed by atoms with van der Waals surface area (Å²) in [4.78, 5) is 14.1. The van der Waals surface area contributed by atoms with Crippen LogP contribution in [0.15, 0.2) is 18.2 Å². The third kappa shape index (κ3) is 5.02. The number of rotatable bonds is 5. The molecule has 3 N–H and O–H groups in total. The second kappa shape index (κ2) is 7.43. The van der Waals surface area contributed by atoms with Gasteiger partial charge in [-0.2, -0.15) is 0 Å². The van der Waals surface area contributed by atoms with Crippen LogP contribution in [0.5, 0.6) is 0 Å². The summed E-state index contributed by atoms with van der Waals surface area (Å²) in [6, 6.07) is 5.49. The van der Waals surface area contributed by atoms with Gasteiger partial charge in [0.1, 0.15) is 0 Å². The fraction of sp³-hybridized carbons (Fsp3) is 0.562. The Morgan fingerprint density at radius 3 is 2.95 bits per heavy atom. The molecule has 2 rings (SSSR count). The van der Waals surface area contributed by atoms with Crippen molar-refractivity contribution in [3.05, 3.63) is 23.8 Å². The van der Waals surface area contributed by atoms with E-state index in [1.165, 1.54) is 6.42 Å². The molecule has 0 aliphatic carbocycles. The number of carbonyl (C=O) groups excluding carboxylic acids is 1. The van der Waals surface area contributed by atoms with Crippen molar-refractivity contribution in [1.29, 1.82) is 0 Å². The zero-order valence-corrected chi connectivity index (χ0v) is 12.9. The molecule has 0 bridgehead atoms. The van der Waals surface area contributed by atoms with Crippen LogP contribution in [0.1, 0.15) is 24.8 Å². The van der Waals surface area contributed by atoms with Crippen LogP contribution in [0.2, 0.25) is 0 Å². The monoisotopic (exact) mass is 291 g/mol. The largest absolute Gasteiger partial charge is 0.399 e. The number of hydrogen-bond donors (Lipinski definition) is 2. The third-order valence-electron chi connectivity index (χ3n) is 3.73. The van der Waals surface area contributed by atoms with Gasteiger partial charge in [-0.3, -0.25) is 9.69 Å². The summed E-state index contributed by atoms with van der Waals surface area (Å²) < 4.78 is 5.69. The molecule has 1 unspecified atom stereocenters. The lowest BCUT2D eigenvalue weighted by Crippen LogP contribution is -2.37. The van der Waals surface area contributed by atoms with E-state index in [1.807, 2.05) is 31.0 Å². The highest BCUT2D eigenvalue weighted by Gasteiger charge is 2.17. The van der Waals surface area contributed by atoms with E-state index in [0.29, 0.717) is 12.2 Å². The van der Waals surface area contributed by atoms with Crippen molar-refractivity contribution in [2.24, 2.45) is 0 Å². The SMILES string of the molecule is Cc1cc(N)ccc1NC(=O)CN(C)CC1CCCCO1. The quantitative estimate of drug-likeness (QED) is 0.814. The molecule has 1 atom stereocenters. The van der Waals surface area contributed by atoms with Gasteiger partial charge in [-0.25, -0.2) is 0 Å². The number of anilines is 2. The summed E-state index contributed by atoms with van der Waals surface area (Å²) in [6.45, 7) is 3.94. The van der Waals surface area contributed by atoms with E-state index in [-0.39, 0.29) is 12.0 Å². The minimum Gasteiger partial charge on any atom is -0.399 e. The van der Waals surface area contributed by atoms with Crippen molar-refractivity contribution >= 4 is 17.3 Å². The lowest BCUT2D eigenvalue weighted by molar-refractivity contribution is -0.117. The number of amides is 1. The van der Waals surface area contributed by atoms with E-state index >= 15 is 0 Å². The molecule has 1 fully saturated rings. The van der Waals surface area contributed by atoms with E-state index in [2.05, 4.69) is 5.32 Å². The normalized spacial score (nSPS) is 18.7. The van der Waals surface area contributed by atoms with Crippen LogP contribution in [-0.4, -0.2) is 43.7 Å². The molecule has 1 heterocycles. The van der Waals surface area contributed by atoms with Gasteiger partial charge in [0, 0.05) is 24.5 Å². The van der Waals surface area contributed by atoms with Crippen LogP contribution in [0, 0.1) is 6.92 Å². The summed E-state index contributed by atoms with van der Waals surface area (Å²) in [5, 5.41) is 2.93. The molecule has 1 saturated heterocycles. The van der Waals surface area contributed by atoms with Gasteiger partial charge in [0.25, 0.3) is 0 Å². The number of nitrogens with two attached hydrogens (primary N) is 1. The molecule has 21 heavy (non-hydrogen) atoms. The number of nitrogen functional groups attached to an aromatic ring is 1. The third-order valence-corrected chi connectivity index (χ3v) is 3.73. The van der Waals surface area contributed by atoms with E-state index < -0.39 is 0 Å². The average molecular weight is 291 g/mol. The number of nitrogens with zero attached hydrogens (tertiary/aromatic N) is 1. The number of nitrogens with one attached hydrogen (secondary N) is 1. The van der Waals surface area contributed by atoms with Gasteiger partial charge in [-0.05, 0) is 57.0 Å². The Morgan fingerprint density at radius 1 is 1.48 bits per heavy atom. The molecule has 5 heteroatoms. The molecule has 5 nitrogen and oxygen atoms in total. The van der Waals surface area contributed by atoms with Crippen molar-refractivity contribution in [1.82, 2.24) is 4.90 Å². The maximum Gasteiger partial charge on any atom is 0.238 e. The second-order valence-electron chi connectivity index (χ2n) is 5.81. The van der Waals surface area contributed by atoms with E-state index in [1.54, 1.807) is 6.07 Å². The summed E-state index contributed by atoms with van der Waals surface area (Å²) in [6.07, 6.45) is 3.71. The zero-order chi connectivity index (χ0) is 15.2. The second-order valence-corrected chi connectivity index (χ2v) is 5.81. The topological polar surface area (TPSA) is 67.6 Å². The fourth-order valence-corrected chi connectivity index (χ4v) is 2.63. The van der Waals surface area contributed by atoms with E-state index in [4.69, 9.17) is 10.5 Å². The number of hydrogen-bond acceptors (Lipinski definition) is 4. The first-order valence-electron chi connectivity index (χ1n) is 7.50. The van der Waals surface area contributed by atoms with Crippen LogP contribution < -0.4 is 11.1 Å². The molecule has 1 aliphatic heterocycles. The highest BCUT2D eigenvalue weighted by atomic mass is 16.5. The predicted octanol–water partition coefficient (Wildman–Crippen LogP) is 2.02. The summed E-state index contributed by atoms with van der Waals surface area (Å²) >= 11 is 0.